The Morgan fingerprint density at radius 2 is 1.79 bits per heavy atom. The molecule has 5 heteroatoms. The van der Waals surface area contributed by atoms with Crippen LogP contribution in [0.25, 0.3) is 6.08 Å². The molecule has 0 atom stereocenters. The van der Waals surface area contributed by atoms with Crippen LogP contribution < -0.4 is 10.1 Å². The highest BCUT2D eigenvalue weighted by Crippen LogP contribution is 2.34. The van der Waals surface area contributed by atoms with Crippen molar-refractivity contribution < 1.29 is 9.53 Å². The lowest BCUT2D eigenvalue weighted by atomic mass is 9.90. The van der Waals surface area contributed by atoms with Gasteiger partial charge in [-0.05, 0) is 29.3 Å². The van der Waals surface area contributed by atoms with Gasteiger partial charge in [-0.15, -0.1) is 11.3 Å². The first-order valence-corrected chi connectivity index (χ1v) is 10.3. The molecule has 0 unspecified atom stereocenters. The van der Waals surface area contributed by atoms with Crippen LogP contribution in [-0.4, -0.2) is 18.0 Å². The summed E-state index contributed by atoms with van der Waals surface area (Å²) in [6.07, 6.45) is 4.10. The van der Waals surface area contributed by atoms with Crippen molar-refractivity contribution in [2.24, 2.45) is 0 Å². The SMILES string of the molecule is COc1ccc(Cc2sc(NC(=O)/C=C/c3ccccc3)nc2C(C)(C)C)cc1. The van der Waals surface area contributed by atoms with Gasteiger partial charge in [-0.1, -0.05) is 63.2 Å². The molecule has 3 aromatic rings. The summed E-state index contributed by atoms with van der Waals surface area (Å²) in [6.45, 7) is 6.42. The second-order valence-electron chi connectivity index (χ2n) is 7.80. The van der Waals surface area contributed by atoms with Gasteiger partial charge in [-0.2, -0.15) is 0 Å². The maximum absolute atomic E-state index is 12.3. The summed E-state index contributed by atoms with van der Waals surface area (Å²) < 4.78 is 5.24. The van der Waals surface area contributed by atoms with Crippen LogP contribution in [0.5, 0.6) is 5.75 Å². The van der Waals surface area contributed by atoms with Gasteiger partial charge in [0.2, 0.25) is 5.91 Å². The van der Waals surface area contributed by atoms with Gasteiger partial charge in [-0.25, -0.2) is 4.98 Å². The lowest BCUT2D eigenvalue weighted by molar-refractivity contribution is -0.111. The molecule has 0 saturated carbocycles. The summed E-state index contributed by atoms with van der Waals surface area (Å²) in [4.78, 5) is 18.2. The molecule has 0 saturated heterocycles. The average Bonchev–Trinajstić information content (AvgIpc) is 3.10. The van der Waals surface area contributed by atoms with Crippen LogP contribution in [0, 0.1) is 0 Å². The number of thiazole rings is 1. The Labute approximate surface area is 176 Å². The smallest absolute Gasteiger partial charge is 0.250 e. The van der Waals surface area contributed by atoms with E-state index in [4.69, 9.17) is 9.72 Å². The first kappa shape index (κ1) is 20.8. The maximum Gasteiger partial charge on any atom is 0.250 e. The molecule has 0 spiro atoms. The molecule has 0 fully saturated rings. The van der Waals surface area contributed by atoms with Gasteiger partial charge in [0.05, 0.1) is 12.8 Å². The van der Waals surface area contributed by atoms with Crippen LogP contribution in [0.2, 0.25) is 0 Å². The number of methoxy groups -OCH3 is 1. The number of hydrogen-bond donors (Lipinski definition) is 1. The number of anilines is 1. The minimum Gasteiger partial charge on any atom is -0.497 e. The van der Waals surface area contributed by atoms with Gasteiger partial charge in [0.15, 0.2) is 5.13 Å². The van der Waals surface area contributed by atoms with E-state index in [1.165, 1.54) is 23.0 Å². The van der Waals surface area contributed by atoms with Gasteiger partial charge < -0.3 is 4.74 Å². The minimum absolute atomic E-state index is 0.110. The zero-order chi connectivity index (χ0) is 20.9. The maximum atomic E-state index is 12.3. The highest BCUT2D eigenvalue weighted by atomic mass is 32.1. The topological polar surface area (TPSA) is 51.2 Å². The standard InChI is InChI=1S/C24H26N2O2S/c1-24(2,3)22-20(16-18-10-13-19(28-4)14-11-18)29-23(26-22)25-21(27)15-12-17-8-6-5-7-9-17/h5-15H,16H2,1-4H3,(H,25,26,27)/b15-12+. The molecule has 1 heterocycles. The number of amides is 1. The second-order valence-corrected chi connectivity index (χ2v) is 8.88. The van der Waals surface area contributed by atoms with Crippen LogP contribution in [-0.2, 0) is 16.6 Å². The van der Waals surface area contributed by atoms with E-state index < -0.39 is 0 Å². The summed E-state index contributed by atoms with van der Waals surface area (Å²) in [5, 5.41) is 3.54. The van der Waals surface area contributed by atoms with Crippen LogP contribution in [0.4, 0.5) is 5.13 Å². The fourth-order valence-corrected chi connectivity index (χ4v) is 4.13. The van der Waals surface area contributed by atoms with Gasteiger partial charge in [0.25, 0.3) is 0 Å². The largest absolute Gasteiger partial charge is 0.497 e. The van der Waals surface area contributed by atoms with E-state index in [0.29, 0.717) is 5.13 Å². The molecule has 1 N–H and O–H groups in total. The number of aromatic nitrogens is 1. The second kappa shape index (κ2) is 9.05. The van der Waals surface area contributed by atoms with Crippen molar-refractivity contribution in [3.63, 3.8) is 0 Å². The summed E-state index contributed by atoms with van der Waals surface area (Å²) in [7, 11) is 1.66. The molecule has 0 aliphatic carbocycles. The number of nitrogens with zero attached hydrogens (tertiary/aromatic N) is 1. The van der Waals surface area contributed by atoms with Crippen LogP contribution in [0.1, 0.15) is 42.5 Å². The molecular formula is C24H26N2O2S. The third kappa shape index (κ3) is 5.78. The first-order chi connectivity index (χ1) is 13.8. The lowest BCUT2D eigenvalue weighted by Crippen LogP contribution is -2.15. The molecular weight excluding hydrogens is 380 g/mol. The first-order valence-electron chi connectivity index (χ1n) is 9.52. The van der Waals surface area contributed by atoms with Crippen molar-refractivity contribution in [3.8, 4) is 5.75 Å². The molecule has 0 radical (unpaired) electrons. The molecule has 0 bridgehead atoms. The van der Waals surface area contributed by atoms with Crippen molar-refractivity contribution in [2.75, 3.05) is 12.4 Å². The van der Waals surface area contributed by atoms with Crippen molar-refractivity contribution in [3.05, 3.63) is 82.4 Å². The predicted octanol–water partition coefficient (Wildman–Crippen LogP) is 5.69. The highest BCUT2D eigenvalue weighted by molar-refractivity contribution is 7.16. The zero-order valence-corrected chi connectivity index (χ0v) is 18.0. The quantitative estimate of drug-likeness (QED) is 0.535. The molecule has 29 heavy (non-hydrogen) atoms. The Balaban J connectivity index is 1.77. The number of carbonyl (C=O) groups is 1. The number of nitrogens with one attached hydrogen (secondary N) is 1. The number of rotatable bonds is 6. The van der Waals surface area contributed by atoms with E-state index in [-0.39, 0.29) is 11.3 Å². The van der Waals surface area contributed by atoms with E-state index in [1.54, 1.807) is 13.2 Å². The number of carbonyl (C=O) groups excluding carboxylic acids is 1. The summed E-state index contributed by atoms with van der Waals surface area (Å²) in [5.74, 6) is 0.659. The van der Waals surface area contributed by atoms with Gasteiger partial charge in [0, 0.05) is 22.8 Å². The molecule has 0 aliphatic rings. The number of benzene rings is 2. The van der Waals surface area contributed by atoms with Crippen molar-refractivity contribution >= 4 is 28.5 Å². The van der Waals surface area contributed by atoms with E-state index in [0.717, 1.165) is 28.3 Å². The molecule has 4 nitrogen and oxygen atoms in total. The molecule has 1 aromatic heterocycles. The third-order valence-electron chi connectivity index (χ3n) is 4.39. The van der Waals surface area contributed by atoms with Crippen molar-refractivity contribution in [1.29, 1.82) is 0 Å². The van der Waals surface area contributed by atoms with E-state index in [2.05, 4.69) is 38.2 Å². The molecule has 150 valence electrons. The Kier molecular flexibility index (Phi) is 6.49. The molecule has 0 aliphatic heterocycles. The fraction of sp³-hybridized carbons (Fsp3) is 0.250. The van der Waals surface area contributed by atoms with Crippen molar-refractivity contribution in [2.45, 2.75) is 32.6 Å². The monoisotopic (exact) mass is 406 g/mol. The third-order valence-corrected chi connectivity index (χ3v) is 5.36. The van der Waals surface area contributed by atoms with E-state index >= 15 is 0 Å². The van der Waals surface area contributed by atoms with Crippen LogP contribution >= 0.6 is 11.3 Å². The molecule has 3 rings (SSSR count). The normalized spacial score (nSPS) is 11.6. The van der Waals surface area contributed by atoms with Crippen LogP contribution in [0.3, 0.4) is 0 Å². The Morgan fingerprint density at radius 3 is 2.41 bits per heavy atom. The predicted molar refractivity (Wildman–Crippen MR) is 121 cm³/mol. The fourth-order valence-electron chi connectivity index (χ4n) is 2.92. The summed E-state index contributed by atoms with van der Waals surface area (Å²) >= 11 is 1.53. The minimum atomic E-state index is -0.181. The van der Waals surface area contributed by atoms with Crippen LogP contribution in [0.15, 0.2) is 60.7 Å². The Bertz CT molecular complexity index is 984. The van der Waals surface area contributed by atoms with Gasteiger partial charge >= 0.3 is 0 Å². The number of hydrogen-bond acceptors (Lipinski definition) is 4. The summed E-state index contributed by atoms with van der Waals surface area (Å²) in [6, 6.07) is 17.8. The highest BCUT2D eigenvalue weighted by Gasteiger charge is 2.23. The van der Waals surface area contributed by atoms with Crippen molar-refractivity contribution in [1.82, 2.24) is 4.98 Å². The number of ether oxygens (including phenoxy) is 1. The van der Waals surface area contributed by atoms with Gasteiger partial charge in [0.1, 0.15) is 5.75 Å². The average molecular weight is 407 g/mol. The summed E-state index contributed by atoms with van der Waals surface area (Å²) in [5.41, 5.74) is 3.07. The molecule has 1 amide bonds. The zero-order valence-electron chi connectivity index (χ0n) is 17.2. The van der Waals surface area contributed by atoms with Gasteiger partial charge in [-0.3, -0.25) is 10.1 Å². The Morgan fingerprint density at radius 1 is 1.10 bits per heavy atom. The van der Waals surface area contributed by atoms with E-state index in [1.807, 2.05) is 42.5 Å². The Hall–Kier alpha value is -2.92. The lowest BCUT2D eigenvalue weighted by Gasteiger charge is -2.17. The van der Waals surface area contributed by atoms with E-state index in [9.17, 15) is 4.79 Å². The molecule has 2 aromatic carbocycles.